The number of carbonyl (C=O) groups excluding carboxylic acids is 1. The zero-order chi connectivity index (χ0) is 14.8. The van der Waals surface area contributed by atoms with E-state index in [0.29, 0.717) is 16.5 Å². The van der Waals surface area contributed by atoms with Gasteiger partial charge >= 0.3 is 0 Å². The lowest BCUT2D eigenvalue weighted by Gasteiger charge is -2.06. The van der Waals surface area contributed by atoms with Crippen LogP contribution in [-0.2, 0) is 0 Å². The number of aryl methyl sites for hydroxylation is 1. The first kappa shape index (κ1) is 13.1. The minimum atomic E-state index is -0.365. The Morgan fingerprint density at radius 3 is 2.67 bits per heavy atom. The van der Waals surface area contributed by atoms with Crippen LogP contribution in [0.4, 0.5) is 5.95 Å². The van der Waals surface area contributed by atoms with Gasteiger partial charge in [0.1, 0.15) is 0 Å². The molecule has 2 N–H and O–H groups in total. The molecule has 0 radical (unpaired) electrons. The number of rotatable bonds is 2. The van der Waals surface area contributed by atoms with Gasteiger partial charge in [-0.3, -0.25) is 14.9 Å². The van der Waals surface area contributed by atoms with Crippen LogP contribution in [0.1, 0.15) is 15.9 Å². The molecule has 21 heavy (non-hydrogen) atoms. The van der Waals surface area contributed by atoms with Crippen molar-refractivity contribution in [2.75, 3.05) is 5.32 Å². The monoisotopic (exact) mass is 279 g/mol. The van der Waals surface area contributed by atoms with Crippen LogP contribution < -0.4 is 10.9 Å². The maximum absolute atomic E-state index is 12.0. The molecule has 1 heterocycles. The van der Waals surface area contributed by atoms with E-state index in [2.05, 4.69) is 15.3 Å². The Morgan fingerprint density at radius 2 is 1.90 bits per heavy atom. The summed E-state index contributed by atoms with van der Waals surface area (Å²) in [5, 5.41) is 3.11. The fourth-order valence-electron chi connectivity index (χ4n) is 2.09. The number of nitrogens with zero attached hydrogens (tertiary/aromatic N) is 1. The number of hydrogen-bond acceptors (Lipinski definition) is 3. The number of nitrogens with one attached hydrogen (secondary N) is 2. The molecule has 0 saturated carbocycles. The van der Waals surface area contributed by atoms with E-state index in [-0.39, 0.29) is 17.4 Å². The molecule has 3 rings (SSSR count). The number of H-pyrrole nitrogens is 1. The SMILES string of the molecule is Cc1ccc2[nH]c(NC(=O)c3ccccc3)nc(=O)c2c1. The van der Waals surface area contributed by atoms with Crippen LogP contribution in [0.3, 0.4) is 0 Å². The largest absolute Gasteiger partial charge is 0.325 e. The Balaban J connectivity index is 1.97. The average Bonchev–Trinajstić information content (AvgIpc) is 2.49. The molecule has 0 fully saturated rings. The number of aromatic amines is 1. The zero-order valence-electron chi connectivity index (χ0n) is 11.4. The van der Waals surface area contributed by atoms with E-state index in [1.165, 1.54) is 0 Å². The topological polar surface area (TPSA) is 74.8 Å². The first-order valence-electron chi connectivity index (χ1n) is 6.50. The summed E-state index contributed by atoms with van der Waals surface area (Å²) < 4.78 is 0. The van der Waals surface area contributed by atoms with E-state index in [9.17, 15) is 9.59 Å². The second-order valence-electron chi connectivity index (χ2n) is 4.76. The molecule has 0 aliphatic carbocycles. The van der Waals surface area contributed by atoms with Crippen molar-refractivity contribution >= 4 is 22.8 Å². The first-order chi connectivity index (χ1) is 10.1. The quantitative estimate of drug-likeness (QED) is 0.756. The van der Waals surface area contributed by atoms with Crippen LogP contribution in [0.2, 0.25) is 0 Å². The highest BCUT2D eigenvalue weighted by atomic mass is 16.2. The number of amides is 1. The van der Waals surface area contributed by atoms with Gasteiger partial charge in [-0.05, 0) is 31.2 Å². The molecule has 0 atom stereocenters. The summed E-state index contributed by atoms with van der Waals surface area (Å²) in [5.41, 5.74) is 1.76. The number of carbonyl (C=O) groups is 1. The third-order valence-corrected chi connectivity index (χ3v) is 3.14. The van der Waals surface area contributed by atoms with Crippen molar-refractivity contribution in [1.29, 1.82) is 0 Å². The molecule has 1 aromatic heterocycles. The Morgan fingerprint density at radius 1 is 1.14 bits per heavy atom. The highest BCUT2D eigenvalue weighted by Gasteiger charge is 2.09. The molecule has 3 aromatic rings. The normalized spacial score (nSPS) is 10.5. The third-order valence-electron chi connectivity index (χ3n) is 3.14. The van der Waals surface area contributed by atoms with Gasteiger partial charge < -0.3 is 4.98 Å². The van der Waals surface area contributed by atoms with Crippen LogP contribution >= 0.6 is 0 Å². The van der Waals surface area contributed by atoms with Gasteiger partial charge in [-0.2, -0.15) is 4.98 Å². The number of anilines is 1. The van der Waals surface area contributed by atoms with Gasteiger partial charge in [-0.25, -0.2) is 0 Å². The van der Waals surface area contributed by atoms with Gasteiger partial charge in [0.15, 0.2) is 0 Å². The summed E-state index contributed by atoms with van der Waals surface area (Å²) in [6.07, 6.45) is 0. The summed E-state index contributed by atoms with van der Waals surface area (Å²) in [6.45, 7) is 1.91. The van der Waals surface area contributed by atoms with Crippen LogP contribution in [0.5, 0.6) is 0 Å². The maximum Gasteiger partial charge on any atom is 0.282 e. The van der Waals surface area contributed by atoms with Gasteiger partial charge in [-0.15, -0.1) is 0 Å². The van der Waals surface area contributed by atoms with E-state index in [1.807, 2.05) is 19.1 Å². The lowest BCUT2D eigenvalue weighted by Crippen LogP contribution is -2.18. The van der Waals surface area contributed by atoms with Crippen molar-refractivity contribution in [2.45, 2.75) is 6.92 Å². The third kappa shape index (κ3) is 2.67. The summed E-state index contributed by atoms with van der Waals surface area (Å²) in [5.74, 6) is -0.171. The number of fused-ring (bicyclic) bond motifs is 1. The summed E-state index contributed by atoms with van der Waals surface area (Å²) in [7, 11) is 0. The molecule has 0 saturated heterocycles. The number of benzene rings is 2. The van der Waals surface area contributed by atoms with E-state index in [0.717, 1.165) is 5.56 Å². The number of hydrogen-bond donors (Lipinski definition) is 2. The van der Waals surface area contributed by atoms with Crippen LogP contribution in [0, 0.1) is 6.92 Å². The first-order valence-corrected chi connectivity index (χ1v) is 6.50. The van der Waals surface area contributed by atoms with Crippen molar-refractivity contribution in [1.82, 2.24) is 9.97 Å². The van der Waals surface area contributed by atoms with Gasteiger partial charge in [0.2, 0.25) is 5.95 Å². The predicted molar refractivity (Wildman–Crippen MR) is 81.5 cm³/mol. The van der Waals surface area contributed by atoms with Crippen molar-refractivity contribution in [3.63, 3.8) is 0 Å². The molecule has 0 spiro atoms. The van der Waals surface area contributed by atoms with E-state index in [4.69, 9.17) is 0 Å². The van der Waals surface area contributed by atoms with Crippen LogP contribution in [0.15, 0.2) is 53.3 Å². The lowest BCUT2D eigenvalue weighted by atomic mass is 10.2. The highest BCUT2D eigenvalue weighted by molar-refractivity contribution is 6.03. The highest BCUT2D eigenvalue weighted by Crippen LogP contribution is 2.11. The van der Waals surface area contributed by atoms with E-state index >= 15 is 0 Å². The van der Waals surface area contributed by atoms with E-state index < -0.39 is 0 Å². The van der Waals surface area contributed by atoms with Crippen LogP contribution in [-0.4, -0.2) is 15.9 Å². The molecular weight excluding hydrogens is 266 g/mol. The van der Waals surface area contributed by atoms with Gasteiger partial charge in [0.25, 0.3) is 11.5 Å². The molecule has 5 nitrogen and oxygen atoms in total. The molecule has 0 unspecified atom stereocenters. The molecule has 5 heteroatoms. The zero-order valence-corrected chi connectivity index (χ0v) is 11.4. The van der Waals surface area contributed by atoms with Gasteiger partial charge in [0, 0.05) is 5.56 Å². The van der Waals surface area contributed by atoms with Crippen molar-refractivity contribution in [3.05, 3.63) is 70.0 Å². The fourth-order valence-corrected chi connectivity index (χ4v) is 2.09. The summed E-state index contributed by atoms with van der Waals surface area (Å²) >= 11 is 0. The van der Waals surface area contributed by atoms with Gasteiger partial charge in [0.05, 0.1) is 10.9 Å². The Bertz CT molecular complexity index is 870. The van der Waals surface area contributed by atoms with Crippen molar-refractivity contribution < 1.29 is 4.79 Å². The molecule has 104 valence electrons. The molecule has 0 aliphatic rings. The van der Waals surface area contributed by atoms with Gasteiger partial charge in [-0.1, -0.05) is 29.8 Å². The molecule has 1 amide bonds. The Kier molecular flexibility index (Phi) is 3.23. The van der Waals surface area contributed by atoms with Crippen LogP contribution in [0.25, 0.3) is 10.9 Å². The van der Waals surface area contributed by atoms with Crippen molar-refractivity contribution in [3.8, 4) is 0 Å². The smallest absolute Gasteiger partial charge is 0.282 e. The molecule has 2 aromatic carbocycles. The fraction of sp³-hybridized carbons (Fsp3) is 0.0625. The molecule has 0 aliphatic heterocycles. The molecule has 0 bridgehead atoms. The average molecular weight is 279 g/mol. The Hall–Kier alpha value is -2.95. The lowest BCUT2D eigenvalue weighted by molar-refractivity contribution is 0.102. The Labute approximate surface area is 120 Å². The second kappa shape index (κ2) is 5.20. The number of aromatic nitrogens is 2. The van der Waals surface area contributed by atoms with Crippen molar-refractivity contribution in [2.24, 2.45) is 0 Å². The summed E-state index contributed by atoms with van der Waals surface area (Å²) in [4.78, 5) is 30.8. The standard InChI is InChI=1S/C16H13N3O2/c1-10-7-8-13-12(9-10)15(21)19-16(17-13)18-14(20)11-5-3-2-4-6-11/h2-9H,1H3,(H2,17,18,19,20,21). The minimum absolute atomic E-state index is 0.144. The predicted octanol–water partition coefficient (Wildman–Crippen LogP) is 2.48. The second-order valence-corrected chi connectivity index (χ2v) is 4.76. The van der Waals surface area contributed by atoms with E-state index in [1.54, 1.807) is 36.4 Å². The maximum atomic E-state index is 12.0. The molecular formula is C16H13N3O2. The minimum Gasteiger partial charge on any atom is -0.325 e. The summed E-state index contributed by atoms with van der Waals surface area (Å²) in [6, 6.07) is 14.2.